The number of hydrogen-bond donors (Lipinski definition) is 1. The van der Waals surface area contributed by atoms with Crippen molar-refractivity contribution in [2.24, 2.45) is 5.10 Å². The number of nitrogens with one attached hydrogen (secondary N) is 1. The summed E-state index contributed by atoms with van der Waals surface area (Å²) in [6.07, 6.45) is 5.21. The predicted octanol–water partition coefficient (Wildman–Crippen LogP) is 1.73. The maximum absolute atomic E-state index is 11.3. The van der Waals surface area contributed by atoms with Crippen molar-refractivity contribution in [3.05, 3.63) is 47.4 Å². The molecule has 4 nitrogen and oxygen atoms in total. The fourth-order valence-corrected chi connectivity index (χ4v) is 1.02. The lowest BCUT2D eigenvalue weighted by Crippen LogP contribution is -2.24. The Balaban J connectivity index is 2.60. The zero-order valence-corrected chi connectivity index (χ0v) is 8.81. The molecule has 0 saturated heterocycles. The number of hydrazone groups is 1. The van der Waals surface area contributed by atoms with Crippen molar-refractivity contribution >= 4 is 5.71 Å². The van der Waals surface area contributed by atoms with Crippen molar-refractivity contribution in [3.63, 3.8) is 0 Å². The first kappa shape index (κ1) is 11.2. The van der Waals surface area contributed by atoms with Crippen molar-refractivity contribution in [1.29, 1.82) is 0 Å². The number of allylic oxidation sites excluding steroid dienone is 1. The Labute approximate surface area is 88.9 Å². The average Bonchev–Trinajstić information content (AvgIpc) is 2.25. The molecule has 0 fully saturated rings. The molecule has 0 aliphatic heterocycles. The number of aromatic nitrogens is 1. The summed E-state index contributed by atoms with van der Waals surface area (Å²) < 4.78 is 1.33. The van der Waals surface area contributed by atoms with Gasteiger partial charge in [0.1, 0.15) is 0 Å². The highest BCUT2D eigenvalue weighted by Crippen LogP contribution is 1.92. The Hall–Kier alpha value is -1.84. The molecule has 0 aliphatic carbocycles. The van der Waals surface area contributed by atoms with Crippen LogP contribution in [0.25, 0.3) is 0 Å². The summed E-state index contributed by atoms with van der Waals surface area (Å²) in [5.74, 6) is 0. The average molecular weight is 205 g/mol. The molecule has 15 heavy (non-hydrogen) atoms. The Bertz CT molecular complexity index is 406. The number of nitrogens with zero attached hydrogens (tertiary/aromatic N) is 2. The third kappa shape index (κ3) is 3.81. The zero-order valence-electron chi connectivity index (χ0n) is 8.81. The predicted molar refractivity (Wildman–Crippen MR) is 62.6 cm³/mol. The lowest BCUT2D eigenvalue weighted by atomic mass is 10.2. The smallest absolute Gasteiger partial charge is 0.267 e. The van der Waals surface area contributed by atoms with Gasteiger partial charge in [-0.2, -0.15) is 5.10 Å². The van der Waals surface area contributed by atoms with Crippen molar-refractivity contribution < 1.29 is 0 Å². The molecule has 0 bridgehead atoms. The summed E-state index contributed by atoms with van der Waals surface area (Å²) in [6.45, 7) is 5.54. The minimum atomic E-state index is -0.127. The molecule has 4 heteroatoms. The van der Waals surface area contributed by atoms with Gasteiger partial charge in [-0.1, -0.05) is 12.1 Å². The monoisotopic (exact) mass is 205 g/mol. The fourth-order valence-electron chi connectivity index (χ4n) is 1.02. The number of pyridine rings is 1. The van der Waals surface area contributed by atoms with E-state index in [1.54, 1.807) is 18.3 Å². The van der Waals surface area contributed by atoms with Gasteiger partial charge in [0.15, 0.2) is 0 Å². The van der Waals surface area contributed by atoms with Crippen LogP contribution in [0.2, 0.25) is 0 Å². The van der Waals surface area contributed by atoms with Crippen molar-refractivity contribution in [2.45, 2.75) is 19.8 Å². The van der Waals surface area contributed by atoms with E-state index in [1.165, 1.54) is 10.7 Å². The van der Waals surface area contributed by atoms with E-state index in [0.717, 1.165) is 18.6 Å². The summed E-state index contributed by atoms with van der Waals surface area (Å²) in [4.78, 5) is 11.3. The molecule has 0 spiro atoms. The molecule has 1 N–H and O–H groups in total. The fraction of sp³-hybridized carbons (Fsp3) is 0.273. The molecule has 0 amide bonds. The summed E-state index contributed by atoms with van der Waals surface area (Å²) in [7, 11) is 0. The molecular formula is C11H15N3O. The van der Waals surface area contributed by atoms with E-state index in [0.29, 0.717) is 0 Å². The van der Waals surface area contributed by atoms with E-state index < -0.39 is 0 Å². The first-order chi connectivity index (χ1) is 7.24. The highest BCUT2D eigenvalue weighted by atomic mass is 16.1. The standard InChI is InChI=1S/C11H15N3O/c1-3-4-7-10(2)12-13-14-9-6-5-8-11(14)15/h3,5-6,8-9,13H,1,4,7H2,2H3. The Morgan fingerprint density at radius 1 is 1.67 bits per heavy atom. The van der Waals surface area contributed by atoms with E-state index in [2.05, 4.69) is 17.2 Å². The van der Waals surface area contributed by atoms with Gasteiger partial charge in [-0.05, 0) is 25.8 Å². The maximum atomic E-state index is 11.3. The van der Waals surface area contributed by atoms with Crippen LogP contribution < -0.4 is 11.1 Å². The Morgan fingerprint density at radius 3 is 3.13 bits per heavy atom. The number of rotatable bonds is 5. The molecule has 1 heterocycles. The first-order valence-corrected chi connectivity index (χ1v) is 4.82. The summed E-state index contributed by atoms with van der Waals surface area (Å²) >= 11 is 0. The Kier molecular flexibility index (Phi) is 4.34. The van der Waals surface area contributed by atoms with E-state index >= 15 is 0 Å². The van der Waals surface area contributed by atoms with E-state index in [1.807, 2.05) is 13.0 Å². The minimum Gasteiger partial charge on any atom is -0.267 e. The topological polar surface area (TPSA) is 46.4 Å². The van der Waals surface area contributed by atoms with Crippen LogP contribution in [0.3, 0.4) is 0 Å². The summed E-state index contributed by atoms with van der Waals surface area (Å²) in [5.41, 5.74) is 3.49. The largest absolute Gasteiger partial charge is 0.270 e. The van der Waals surface area contributed by atoms with Crippen LogP contribution in [0.15, 0.2) is 46.9 Å². The van der Waals surface area contributed by atoms with Gasteiger partial charge in [0.25, 0.3) is 5.56 Å². The van der Waals surface area contributed by atoms with Crippen molar-refractivity contribution in [1.82, 2.24) is 4.68 Å². The highest BCUT2D eigenvalue weighted by Gasteiger charge is 1.91. The normalized spacial score (nSPS) is 11.1. The second-order valence-corrected chi connectivity index (χ2v) is 3.18. The quantitative estimate of drug-likeness (QED) is 0.452. The van der Waals surface area contributed by atoms with Crippen LogP contribution in [0.1, 0.15) is 19.8 Å². The van der Waals surface area contributed by atoms with Gasteiger partial charge in [-0.15, -0.1) is 6.58 Å². The van der Waals surface area contributed by atoms with Crippen LogP contribution in [0, 0.1) is 0 Å². The van der Waals surface area contributed by atoms with Crippen LogP contribution in [-0.2, 0) is 0 Å². The minimum absolute atomic E-state index is 0.127. The highest BCUT2D eigenvalue weighted by molar-refractivity contribution is 5.82. The Morgan fingerprint density at radius 2 is 2.47 bits per heavy atom. The molecule has 0 aliphatic rings. The van der Waals surface area contributed by atoms with Gasteiger partial charge in [-0.25, -0.2) is 10.2 Å². The van der Waals surface area contributed by atoms with Gasteiger partial charge in [0, 0.05) is 18.0 Å². The van der Waals surface area contributed by atoms with Gasteiger partial charge >= 0.3 is 0 Å². The molecule has 0 unspecified atom stereocenters. The molecule has 0 aromatic carbocycles. The molecular weight excluding hydrogens is 190 g/mol. The number of hydrogen-bond acceptors (Lipinski definition) is 3. The first-order valence-electron chi connectivity index (χ1n) is 4.82. The lowest BCUT2D eigenvalue weighted by molar-refractivity contribution is 0.830. The summed E-state index contributed by atoms with van der Waals surface area (Å²) in [6, 6.07) is 4.93. The SMILES string of the molecule is C=CCCC(C)=NNn1ccccc1=O. The van der Waals surface area contributed by atoms with Gasteiger partial charge < -0.3 is 0 Å². The molecule has 1 aromatic heterocycles. The zero-order chi connectivity index (χ0) is 11.1. The van der Waals surface area contributed by atoms with E-state index in [9.17, 15) is 4.79 Å². The van der Waals surface area contributed by atoms with Crippen molar-refractivity contribution in [3.8, 4) is 0 Å². The van der Waals surface area contributed by atoms with Crippen LogP contribution >= 0.6 is 0 Å². The van der Waals surface area contributed by atoms with E-state index in [4.69, 9.17) is 0 Å². The van der Waals surface area contributed by atoms with E-state index in [-0.39, 0.29) is 5.56 Å². The third-order valence-electron chi connectivity index (χ3n) is 1.88. The third-order valence-corrected chi connectivity index (χ3v) is 1.88. The van der Waals surface area contributed by atoms with Gasteiger partial charge in [0.05, 0.1) is 0 Å². The molecule has 0 atom stereocenters. The molecule has 80 valence electrons. The molecule has 0 saturated carbocycles. The van der Waals surface area contributed by atoms with Crippen LogP contribution in [0.5, 0.6) is 0 Å². The molecule has 1 rings (SSSR count). The molecule has 1 aromatic rings. The maximum Gasteiger partial charge on any atom is 0.270 e. The molecule has 0 radical (unpaired) electrons. The lowest BCUT2D eigenvalue weighted by Gasteiger charge is -2.04. The van der Waals surface area contributed by atoms with Gasteiger partial charge in [0.2, 0.25) is 0 Å². The van der Waals surface area contributed by atoms with Crippen LogP contribution in [0.4, 0.5) is 0 Å². The van der Waals surface area contributed by atoms with Crippen LogP contribution in [-0.4, -0.2) is 10.4 Å². The second kappa shape index (κ2) is 5.80. The van der Waals surface area contributed by atoms with Crippen molar-refractivity contribution in [2.75, 3.05) is 5.53 Å². The second-order valence-electron chi connectivity index (χ2n) is 3.18. The van der Waals surface area contributed by atoms with Gasteiger partial charge in [-0.3, -0.25) is 4.79 Å². The summed E-state index contributed by atoms with van der Waals surface area (Å²) in [5, 5.41) is 4.07.